The number of nitrogens with one attached hydrogen (secondary N) is 5. The van der Waals surface area contributed by atoms with Crippen LogP contribution in [0.2, 0.25) is 10.0 Å². The predicted octanol–water partition coefficient (Wildman–Crippen LogP) is 0.855. The van der Waals surface area contributed by atoms with Crippen molar-refractivity contribution in [3.63, 3.8) is 0 Å². The fourth-order valence-corrected chi connectivity index (χ4v) is 3.38. The number of carboxylic acids is 1. The number of aromatic nitrogens is 2. The van der Waals surface area contributed by atoms with Gasteiger partial charge in [-0.3, -0.25) is 24.5 Å². The van der Waals surface area contributed by atoms with Crippen LogP contribution >= 0.6 is 23.2 Å². The summed E-state index contributed by atoms with van der Waals surface area (Å²) in [5.74, 6) is -2.02. The van der Waals surface area contributed by atoms with Gasteiger partial charge in [-0.15, -0.1) is 0 Å². The lowest BCUT2D eigenvalue weighted by molar-refractivity contribution is -0.137. The van der Waals surface area contributed by atoms with Gasteiger partial charge >= 0.3 is 5.97 Å². The van der Waals surface area contributed by atoms with Gasteiger partial charge < -0.3 is 31.5 Å². The first kappa shape index (κ1) is 23.2. The van der Waals surface area contributed by atoms with Crippen LogP contribution in [0.3, 0.4) is 0 Å². The topological polar surface area (TPSA) is 181 Å². The quantitative estimate of drug-likeness (QED) is 0.288. The summed E-state index contributed by atoms with van der Waals surface area (Å²) in [6.07, 6.45) is -0.544. The Morgan fingerprint density at radius 1 is 1.22 bits per heavy atom. The van der Waals surface area contributed by atoms with E-state index in [1.54, 1.807) is 0 Å². The summed E-state index contributed by atoms with van der Waals surface area (Å²) in [6.45, 7) is 0.883. The molecule has 2 amide bonds. The molecule has 0 saturated carbocycles. The Hall–Kier alpha value is -3.51. The smallest absolute Gasteiger partial charge is 0.305 e. The van der Waals surface area contributed by atoms with Crippen LogP contribution < -0.4 is 21.3 Å². The number of carbonyl (C=O) groups excluding carboxylic acids is 2. The number of hydrogen-bond acceptors (Lipinski definition) is 8. The van der Waals surface area contributed by atoms with Crippen molar-refractivity contribution in [3.8, 4) is 5.75 Å². The van der Waals surface area contributed by atoms with E-state index < -0.39 is 42.5 Å². The second kappa shape index (κ2) is 10.2. The van der Waals surface area contributed by atoms with Gasteiger partial charge in [0.2, 0.25) is 5.91 Å². The molecule has 0 spiro atoms. The lowest BCUT2D eigenvalue weighted by Gasteiger charge is -2.19. The van der Waals surface area contributed by atoms with Gasteiger partial charge in [0.1, 0.15) is 11.4 Å². The average Bonchev–Trinajstić information content (AvgIpc) is 3.40. The van der Waals surface area contributed by atoms with E-state index in [9.17, 15) is 19.5 Å². The standard InChI is InChI=1S/C18H19Cl2N7O5/c19-8-3-9(16(31)10(20)4-8)11(6-15(29)30)24-14(28)7-23-17(32)12-5-13(27-26-12)25-18-21-1-2-22-18/h3-5,11,31H,1-2,6-7H2,(H,23,32)(H,24,28)(H,29,30)(H3,21,22,25,26,27). The number of carboxylic acid groups (broad SMARTS) is 1. The SMILES string of the molecule is O=C(O)CC(NC(=O)CNC(=O)c1cc(NC2=NCCN2)n[nH]1)c1cc(Cl)cc(Cl)c1O. The number of hydrogen-bond donors (Lipinski definition) is 7. The molecule has 14 heteroatoms. The van der Waals surface area contributed by atoms with Gasteiger partial charge in [0.25, 0.3) is 5.91 Å². The van der Waals surface area contributed by atoms with Gasteiger partial charge in [0.05, 0.1) is 30.6 Å². The molecule has 1 atom stereocenters. The number of guanidine groups is 1. The Kier molecular flexibility index (Phi) is 7.38. The van der Waals surface area contributed by atoms with E-state index >= 15 is 0 Å². The molecule has 1 aliphatic heterocycles. The molecule has 0 saturated heterocycles. The molecule has 1 aromatic carbocycles. The van der Waals surface area contributed by atoms with E-state index in [2.05, 4.69) is 36.5 Å². The number of benzene rings is 1. The van der Waals surface area contributed by atoms with Gasteiger partial charge in [0.15, 0.2) is 11.8 Å². The van der Waals surface area contributed by atoms with E-state index in [0.717, 1.165) is 0 Å². The molecule has 1 unspecified atom stereocenters. The van der Waals surface area contributed by atoms with Gasteiger partial charge in [-0.05, 0) is 12.1 Å². The summed E-state index contributed by atoms with van der Waals surface area (Å²) in [5.41, 5.74) is 0.137. The number of aromatic amines is 1. The third kappa shape index (κ3) is 6.02. The Morgan fingerprint density at radius 3 is 2.69 bits per heavy atom. The van der Waals surface area contributed by atoms with Crippen LogP contribution in [-0.4, -0.2) is 63.8 Å². The highest BCUT2D eigenvalue weighted by molar-refractivity contribution is 6.35. The number of H-pyrrole nitrogens is 1. The average molecular weight is 484 g/mol. The Labute approximate surface area is 191 Å². The van der Waals surface area contributed by atoms with Crippen LogP contribution in [0.4, 0.5) is 5.82 Å². The van der Waals surface area contributed by atoms with E-state index in [-0.39, 0.29) is 21.3 Å². The van der Waals surface area contributed by atoms with Gasteiger partial charge in [0, 0.05) is 23.2 Å². The minimum Gasteiger partial charge on any atom is -0.506 e. The molecule has 170 valence electrons. The first-order chi connectivity index (χ1) is 15.2. The number of phenols is 1. The van der Waals surface area contributed by atoms with Crippen LogP contribution in [0.1, 0.15) is 28.5 Å². The third-order valence-corrected chi connectivity index (χ3v) is 4.81. The number of aliphatic carboxylic acids is 1. The Morgan fingerprint density at radius 2 is 2.00 bits per heavy atom. The summed E-state index contributed by atoms with van der Waals surface area (Å²) in [4.78, 5) is 40.0. The zero-order valence-electron chi connectivity index (χ0n) is 16.4. The molecule has 0 radical (unpaired) electrons. The van der Waals surface area contributed by atoms with Crippen molar-refractivity contribution in [3.05, 3.63) is 39.5 Å². The van der Waals surface area contributed by atoms with Crippen molar-refractivity contribution < 1.29 is 24.6 Å². The highest BCUT2D eigenvalue weighted by Gasteiger charge is 2.23. The maximum absolute atomic E-state index is 12.3. The van der Waals surface area contributed by atoms with E-state index in [1.165, 1.54) is 18.2 Å². The fraction of sp³-hybridized carbons (Fsp3) is 0.278. The monoisotopic (exact) mass is 483 g/mol. The molecule has 2 heterocycles. The highest BCUT2D eigenvalue weighted by atomic mass is 35.5. The van der Waals surface area contributed by atoms with Crippen LogP contribution in [0, 0.1) is 0 Å². The molecule has 3 rings (SSSR count). The summed E-state index contributed by atoms with van der Waals surface area (Å²) in [7, 11) is 0. The molecule has 7 N–H and O–H groups in total. The molecule has 2 aromatic rings. The first-order valence-corrected chi connectivity index (χ1v) is 10.1. The van der Waals surface area contributed by atoms with Gasteiger partial charge in [-0.2, -0.15) is 5.10 Å². The molecule has 0 aliphatic carbocycles. The molecule has 12 nitrogen and oxygen atoms in total. The first-order valence-electron chi connectivity index (χ1n) is 9.31. The number of carbonyl (C=O) groups is 3. The predicted molar refractivity (Wildman–Crippen MR) is 116 cm³/mol. The zero-order chi connectivity index (χ0) is 23.3. The number of halogens is 2. The molecule has 1 aliphatic rings. The molecule has 1 aromatic heterocycles. The number of rotatable bonds is 8. The normalized spacial score (nSPS) is 13.6. The van der Waals surface area contributed by atoms with Crippen molar-refractivity contribution >= 4 is 52.8 Å². The zero-order valence-corrected chi connectivity index (χ0v) is 17.9. The molecule has 0 bridgehead atoms. The van der Waals surface area contributed by atoms with Crippen LogP contribution in [0.5, 0.6) is 5.75 Å². The number of nitrogens with zero attached hydrogens (tertiary/aromatic N) is 2. The summed E-state index contributed by atoms with van der Waals surface area (Å²) in [6, 6.07) is 2.90. The largest absolute Gasteiger partial charge is 0.506 e. The van der Waals surface area contributed by atoms with Crippen molar-refractivity contribution in [1.29, 1.82) is 0 Å². The second-order valence-electron chi connectivity index (χ2n) is 6.68. The highest BCUT2D eigenvalue weighted by Crippen LogP contribution is 2.36. The van der Waals surface area contributed by atoms with Crippen LogP contribution in [0.25, 0.3) is 0 Å². The fourth-order valence-electron chi connectivity index (χ4n) is 2.87. The van der Waals surface area contributed by atoms with Crippen molar-refractivity contribution in [2.45, 2.75) is 12.5 Å². The number of anilines is 1. The van der Waals surface area contributed by atoms with Crippen molar-refractivity contribution in [2.75, 3.05) is 25.0 Å². The number of phenolic OH excluding ortho intramolecular Hbond substituents is 1. The summed E-state index contributed by atoms with van der Waals surface area (Å²) in [5, 5.41) is 36.6. The Bertz CT molecular complexity index is 1070. The molecule has 0 fully saturated rings. The van der Waals surface area contributed by atoms with Crippen LogP contribution in [-0.2, 0) is 9.59 Å². The van der Waals surface area contributed by atoms with Crippen LogP contribution in [0.15, 0.2) is 23.2 Å². The van der Waals surface area contributed by atoms with Crippen molar-refractivity contribution in [2.24, 2.45) is 4.99 Å². The second-order valence-corrected chi connectivity index (χ2v) is 7.52. The summed E-state index contributed by atoms with van der Waals surface area (Å²) < 4.78 is 0. The van der Waals surface area contributed by atoms with Gasteiger partial charge in [-0.25, -0.2) is 0 Å². The van der Waals surface area contributed by atoms with E-state index in [4.69, 9.17) is 28.3 Å². The number of aliphatic imine (C=N–C) groups is 1. The van der Waals surface area contributed by atoms with E-state index in [1.807, 2.05) is 0 Å². The molecular weight excluding hydrogens is 465 g/mol. The maximum Gasteiger partial charge on any atom is 0.305 e. The lowest BCUT2D eigenvalue weighted by atomic mass is 10.0. The minimum atomic E-state index is -1.23. The van der Waals surface area contributed by atoms with E-state index in [0.29, 0.717) is 24.9 Å². The third-order valence-electron chi connectivity index (χ3n) is 4.30. The van der Waals surface area contributed by atoms with Crippen molar-refractivity contribution in [1.82, 2.24) is 26.1 Å². The number of amides is 2. The van der Waals surface area contributed by atoms with Gasteiger partial charge in [-0.1, -0.05) is 23.2 Å². The molecular formula is C18H19Cl2N7O5. The molecule has 32 heavy (non-hydrogen) atoms. The lowest BCUT2D eigenvalue weighted by Crippen LogP contribution is -2.39. The minimum absolute atomic E-state index is 0.0392. The summed E-state index contributed by atoms with van der Waals surface area (Å²) >= 11 is 11.8. The Balaban J connectivity index is 1.60. The maximum atomic E-state index is 12.3. The number of aromatic hydroxyl groups is 1.